The fourth-order valence-electron chi connectivity index (χ4n) is 3.00. The third-order valence-electron chi connectivity index (χ3n) is 4.66. The lowest BCUT2D eigenvalue weighted by molar-refractivity contribution is 0.167. The van der Waals surface area contributed by atoms with Gasteiger partial charge in [0.2, 0.25) is 0 Å². The number of hydrogen-bond donors (Lipinski definition) is 2. The van der Waals surface area contributed by atoms with Gasteiger partial charge >= 0.3 is 0 Å². The summed E-state index contributed by atoms with van der Waals surface area (Å²) in [5.74, 6) is 0.961. The summed E-state index contributed by atoms with van der Waals surface area (Å²) in [6, 6.07) is 1.22. The van der Waals surface area contributed by atoms with E-state index in [4.69, 9.17) is 0 Å². The van der Waals surface area contributed by atoms with E-state index in [1.165, 1.54) is 25.9 Å². The highest BCUT2D eigenvalue weighted by Gasteiger charge is 2.21. The molecule has 0 spiro atoms. The minimum atomic E-state index is 0. The van der Waals surface area contributed by atoms with Crippen LogP contribution in [0.25, 0.3) is 0 Å². The molecular weight excluding hydrogens is 401 g/mol. The van der Waals surface area contributed by atoms with E-state index in [2.05, 4.69) is 53.1 Å². The molecule has 0 aromatic carbocycles. The molecule has 1 aliphatic heterocycles. The zero-order valence-electron chi connectivity index (χ0n) is 15.8. The predicted octanol–water partition coefficient (Wildman–Crippen LogP) is 2.37. The van der Waals surface area contributed by atoms with Crippen molar-refractivity contribution in [2.24, 2.45) is 4.99 Å². The maximum Gasteiger partial charge on any atom is 0.191 e. The number of hydrogen-bond acceptors (Lipinski definition) is 3. The molecule has 0 atom stereocenters. The van der Waals surface area contributed by atoms with E-state index in [-0.39, 0.29) is 24.0 Å². The Labute approximate surface area is 160 Å². The molecule has 23 heavy (non-hydrogen) atoms. The van der Waals surface area contributed by atoms with E-state index < -0.39 is 0 Å². The first-order valence-corrected chi connectivity index (χ1v) is 9.04. The number of piperidine rings is 1. The van der Waals surface area contributed by atoms with Crippen LogP contribution < -0.4 is 10.6 Å². The van der Waals surface area contributed by atoms with Crippen LogP contribution in [0.3, 0.4) is 0 Å². The van der Waals surface area contributed by atoms with Crippen molar-refractivity contribution in [1.29, 1.82) is 0 Å². The molecule has 0 aliphatic carbocycles. The van der Waals surface area contributed by atoms with Gasteiger partial charge < -0.3 is 20.4 Å². The van der Waals surface area contributed by atoms with Gasteiger partial charge in [0.25, 0.3) is 0 Å². The highest BCUT2D eigenvalue weighted by Crippen LogP contribution is 2.12. The predicted molar refractivity (Wildman–Crippen MR) is 112 cm³/mol. The molecule has 0 aromatic rings. The van der Waals surface area contributed by atoms with Crippen LogP contribution in [-0.2, 0) is 0 Å². The zero-order chi connectivity index (χ0) is 16.4. The van der Waals surface area contributed by atoms with E-state index >= 15 is 0 Å². The molecule has 1 saturated heterocycles. The summed E-state index contributed by atoms with van der Waals surface area (Å²) in [6.45, 7) is 15.8. The van der Waals surface area contributed by atoms with Crippen LogP contribution in [0.15, 0.2) is 4.99 Å². The van der Waals surface area contributed by atoms with Crippen LogP contribution in [0.5, 0.6) is 0 Å². The van der Waals surface area contributed by atoms with E-state index in [0.717, 1.165) is 38.6 Å². The fourth-order valence-corrected chi connectivity index (χ4v) is 3.00. The maximum absolute atomic E-state index is 4.36. The van der Waals surface area contributed by atoms with Crippen molar-refractivity contribution in [2.75, 3.05) is 46.3 Å². The Morgan fingerprint density at radius 1 is 1.22 bits per heavy atom. The first-order chi connectivity index (χ1) is 10.6. The lowest BCUT2D eigenvalue weighted by Gasteiger charge is -2.35. The topological polar surface area (TPSA) is 42.9 Å². The molecule has 1 heterocycles. The third kappa shape index (κ3) is 9.10. The minimum Gasteiger partial charge on any atom is -0.356 e. The van der Waals surface area contributed by atoms with Gasteiger partial charge in [0.15, 0.2) is 5.96 Å². The molecule has 0 saturated carbocycles. The number of guanidine groups is 1. The number of halogens is 1. The van der Waals surface area contributed by atoms with Gasteiger partial charge in [-0.1, -0.05) is 13.8 Å². The standard InChI is InChI=1S/C17H37N5.HI/c1-6-21(7-2)12-8-11-19-17(18-5)20-16-9-13-22(14-10-16)15(3)4;/h15-16H,6-14H2,1-5H3,(H2,18,19,20);1H. The first-order valence-electron chi connectivity index (χ1n) is 9.04. The average molecular weight is 439 g/mol. The second-order valence-corrected chi connectivity index (χ2v) is 6.43. The van der Waals surface area contributed by atoms with Crippen molar-refractivity contribution in [3.63, 3.8) is 0 Å². The average Bonchev–Trinajstić information content (AvgIpc) is 2.54. The highest BCUT2D eigenvalue weighted by molar-refractivity contribution is 14.0. The second kappa shape index (κ2) is 13.2. The first kappa shape index (κ1) is 22.9. The Hall–Kier alpha value is -0.0800. The molecule has 0 amide bonds. The lowest BCUT2D eigenvalue weighted by atomic mass is 10.0. The second-order valence-electron chi connectivity index (χ2n) is 6.43. The van der Waals surface area contributed by atoms with Gasteiger partial charge in [-0.2, -0.15) is 0 Å². The van der Waals surface area contributed by atoms with Crippen molar-refractivity contribution in [3.8, 4) is 0 Å². The fraction of sp³-hybridized carbons (Fsp3) is 0.941. The van der Waals surface area contributed by atoms with E-state index in [9.17, 15) is 0 Å². The van der Waals surface area contributed by atoms with Crippen LogP contribution in [0.4, 0.5) is 0 Å². The summed E-state index contributed by atoms with van der Waals surface area (Å²) in [5, 5.41) is 7.03. The smallest absolute Gasteiger partial charge is 0.191 e. The molecule has 2 N–H and O–H groups in total. The highest BCUT2D eigenvalue weighted by atomic mass is 127. The molecule has 0 aromatic heterocycles. The molecule has 1 aliphatic rings. The van der Waals surface area contributed by atoms with Crippen molar-refractivity contribution >= 4 is 29.9 Å². The Bertz CT molecular complexity index is 310. The van der Waals surface area contributed by atoms with Crippen molar-refractivity contribution < 1.29 is 0 Å². The van der Waals surface area contributed by atoms with Crippen molar-refractivity contribution in [3.05, 3.63) is 0 Å². The van der Waals surface area contributed by atoms with Gasteiger partial charge in [0, 0.05) is 38.8 Å². The molecular formula is C17H38IN5. The van der Waals surface area contributed by atoms with Gasteiger partial charge in [0.05, 0.1) is 0 Å². The van der Waals surface area contributed by atoms with Crippen LogP contribution in [0.1, 0.15) is 47.0 Å². The molecule has 5 nitrogen and oxygen atoms in total. The van der Waals surface area contributed by atoms with Crippen molar-refractivity contribution in [1.82, 2.24) is 20.4 Å². The maximum atomic E-state index is 4.36. The largest absolute Gasteiger partial charge is 0.356 e. The van der Waals surface area contributed by atoms with Gasteiger partial charge in [-0.25, -0.2) is 0 Å². The molecule has 138 valence electrons. The van der Waals surface area contributed by atoms with E-state index in [0.29, 0.717) is 12.1 Å². The number of nitrogens with one attached hydrogen (secondary N) is 2. The molecule has 6 heteroatoms. The summed E-state index contributed by atoms with van der Waals surface area (Å²) in [6.07, 6.45) is 3.57. The number of aliphatic imine (C=N–C) groups is 1. The lowest BCUT2D eigenvalue weighted by Crippen LogP contribution is -2.50. The summed E-state index contributed by atoms with van der Waals surface area (Å²) in [5.41, 5.74) is 0. The van der Waals surface area contributed by atoms with E-state index in [1.54, 1.807) is 0 Å². The normalized spacial score (nSPS) is 17.4. The molecule has 0 bridgehead atoms. The van der Waals surface area contributed by atoms with Crippen LogP contribution >= 0.6 is 24.0 Å². The Balaban J connectivity index is 0.00000484. The Kier molecular flexibility index (Phi) is 13.2. The van der Waals surface area contributed by atoms with Gasteiger partial charge in [0.1, 0.15) is 0 Å². The summed E-state index contributed by atoms with van der Waals surface area (Å²) in [4.78, 5) is 9.37. The summed E-state index contributed by atoms with van der Waals surface area (Å²) in [7, 11) is 1.86. The zero-order valence-corrected chi connectivity index (χ0v) is 18.1. The summed E-state index contributed by atoms with van der Waals surface area (Å²) >= 11 is 0. The van der Waals surface area contributed by atoms with E-state index in [1.807, 2.05) is 7.05 Å². The minimum absolute atomic E-state index is 0. The van der Waals surface area contributed by atoms with Crippen LogP contribution in [0.2, 0.25) is 0 Å². The van der Waals surface area contributed by atoms with Gasteiger partial charge in [-0.05, 0) is 52.7 Å². The molecule has 1 fully saturated rings. The monoisotopic (exact) mass is 439 g/mol. The number of rotatable bonds is 8. The van der Waals surface area contributed by atoms with Crippen LogP contribution in [-0.4, -0.2) is 74.2 Å². The molecule has 0 radical (unpaired) electrons. The Morgan fingerprint density at radius 2 is 1.83 bits per heavy atom. The van der Waals surface area contributed by atoms with Crippen LogP contribution in [0, 0.1) is 0 Å². The van der Waals surface area contributed by atoms with Gasteiger partial charge in [-0.15, -0.1) is 24.0 Å². The SMILES string of the molecule is CCN(CC)CCCNC(=NC)NC1CCN(C(C)C)CC1.I. The van der Waals surface area contributed by atoms with Gasteiger partial charge in [-0.3, -0.25) is 4.99 Å². The number of likely N-dealkylation sites (tertiary alicyclic amines) is 1. The quantitative estimate of drug-likeness (QED) is 0.264. The third-order valence-corrected chi connectivity index (χ3v) is 4.66. The molecule has 1 rings (SSSR count). The number of nitrogens with zero attached hydrogens (tertiary/aromatic N) is 3. The summed E-state index contributed by atoms with van der Waals surface area (Å²) < 4.78 is 0. The Morgan fingerprint density at radius 3 is 2.30 bits per heavy atom. The molecule has 0 unspecified atom stereocenters. The van der Waals surface area contributed by atoms with Crippen molar-refractivity contribution in [2.45, 2.75) is 59.0 Å².